The van der Waals surface area contributed by atoms with E-state index in [2.05, 4.69) is 0 Å². The zero-order chi connectivity index (χ0) is 12.6. The molecule has 0 spiro atoms. The molecule has 0 aliphatic carbocycles. The molecule has 5 heteroatoms. The molecule has 0 aliphatic heterocycles. The molecule has 17 heavy (non-hydrogen) atoms. The van der Waals surface area contributed by atoms with Crippen LogP contribution in [-0.2, 0) is 0 Å². The van der Waals surface area contributed by atoms with Crippen molar-refractivity contribution >= 4 is 39.5 Å². The van der Waals surface area contributed by atoms with Crippen molar-refractivity contribution in [3.05, 3.63) is 60.7 Å². The first-order chi connectivity index (χ1) is 7.74. The van der Waals surface area contributed by atoms with Gasteiger partial charge in [-0.25, -0.2) is 0 Å². The van der Waals surface area contributed by atoms with Gasteiger partial charge in [-0.1, -0.05) is 0 Å². The van der Waals surface area contributed by atoms with E-state index in [1.807, 2.05) is 0 Å². The van der Waals surface area contributed by atoms with Crippen LogP contribution in [0.4, 0.5) is 5.78 Å². The van der Waals surface area contributed by atoms with Gasteiger partial charge in [0, 0.05) is 0 Å². The summed E-state index contributed by atoms with van der Waals surface area (Å²) in [5, 5.41) is 0. The van der Waals surface area contributed by atoms with Gasteiger partial charge < -0.3 is 0 Å². The molecule has 0 amide bonds. The van der Waals surface area contributed by atoms with Gasteiger partial charge in [-0.2, -0.15) is 0 Å². The van der Waals surface area contributed by atoms with E-state index in [-0.39, 0.29) is 7.22 Å². The quantitative estimate of drug-likeness (QED) is 0.688. The van der Waals surface area contributed by atoms with E-state index < -0.39 is 14.3 Å². The van der Waals surface area contributed by atoms with Gasteiger partial charge in [-0.3, -0.25) is 0 Å². The van der Waals surface area contributed by atoms with Crippen molar-refractivity contribution in [3.63, 3.8) is 0 Å². The van der Waals surface area contributed by atoms with E-state index in [9.17, 15) is 5.78 Å². The van der Waals surface area contributed by atoms with Crippen LogP contribution in [0.2, 0.25) is 0 Å². The van der Waals surface area contributed by atoms with E-state index in [1.165, 1.54) is 48.5 Å². The number of benzene rings is 2. The van der Waals surface area contributed by atoms with Crippen LogP contribution >= 0.6 is 17.9 Å². The molecule has 0 atom stereocenters. The van der Waals surface area contributed by atoms with Gasteiger partial charge in [0.15, 0.2) is 0 Å². The predicted molar refractivity (Wildman–Crippen MR) is 71.8 cm³/mol. The third-order valence-electron chi connectivity index (χ3n) is 2.43. The minimum atomic E-state index is -7.37. The average molecular weight is 391 g/mol. The second kappa shape index (κ2) is 3.58. The molecule has 0 N–H and O–H groups in total. The van der Waals surface area contributed by atoms with Gasteiger partial charge >= 0.3 is 106 Å². The van der Waals surface area contributed by atoms with Gasteiger partial charge in [0.25, 0.3) is 0 Å². The zero-order valence-corrected chi connectivity index (χ0v) is 12.5. The van der Waals surface area contributed by atoms with Crippen LogP contribution in [0.25, 0.3) is 0 Å². The summed E-state index contributed by atoms with van der Waals surface area (Å²) >= 11 is -7.37. The van der Waals surface area contributed by atoms with Crippen LogP contribution in [0.3, 0.4) is 0 Å². The number of hydrogen-bond acceptors (Lipinski definition) is 0. The number of rotatable bonds is 2. The monoisotopic (exact) mass is 392 g/mol. The van der Waals surface area contributed by atoms with Crippen LogP contribution in [0.1, 0.15) is 0 Å². The molecular formula is C12H10Cl2F2Te. The molecule has 0 saturated carbocycles. The molecule has 2 aromatic rings. The molecule has 0 aromatic heterocycles. The molecular weight excluding hydrogens is 381 g/mol. The van der Waals surface area contributed by atoms with Gasteiger partial charge in [0.05, 0.1) is 0 Å². The molecule has 0 aliphatic rings. The standard InChI is InChI=1S/C12H10Cl2F2Te/c13-17(14,15,16,11-7-3-1-4-8-11)12-9-5-2-6-10-12/h1-10H. The van der Waals surface area contributed by atoms with Crippen molar-refractivity contribution in [3.8, 4) is 0 Å². The Hall–Kier alpha value is -0.330. The van der Waals surface area contributed by atoms with Crippen LogP contribution < -0.4 is 7.22 Å². The fourth-order valence-electron chi connectivity index (χ4n) is 1.52. The number of halogens is 4. The van der Waals surface area contributed by atoms with Crippen molar-refractivity contribution in [2.24, 2.45) is 0 Å². The Bertz CT molecular complexity index is 488. The van der Waals surface area contributed by atoms with Gasteiger partial charge in [-0.05, 0) is 0 Å². The predicted octanol–water partition coefficient (Wildman–Crippen LogP) is 3.56. The summed E-state index contributed by atoms with van der Waals surface area (Å²) in [6.07, 6.45) is 0. The Balaban J connectivity index is 2.76. The summed E-state index contributed by atoms with van der Waals surface area (Å²) in [4.78, 5) is 0. The van der Waals surface area contributed by atoms with Crippen molar-refractivity contribution in [2.75, 3.05) is 0 Å². The van der Waals surface area contributed by atoms with Crippen LogP contribution in [-0.4, -0.2) is 14.3 Å². The normalized spacial score (nSPS) is 16.0. The zero-order valence-electron chi connectivity index (χ0n) is 8.69. The fraction of sp³-hybridized carbons (Fsp3) is 0. The van der Waals surface area contributed by atoms with Crippen molar-refractivity contribution < 1.29 is 5.78 Å². The molecule has 92 valence electrons. The van der Waals surface area contributed by atoms with E-state index in [1.54, 1.807) is 12.1 Å². The molecule has 0 saturated heterocycles. The number of hydrogen-bond donors (Lipinski definition) is 0. The Morgan fingerprint density at radius 3 is 1.24 bits per heavy atom. The summed E-state index contributed by atoms with van der Waals surface area (Å²) in [5.41, 5.74) is 0. The van der Waals surface area contributed by atoms with E-state index >= 15 is 0 Å². The molecule has 0 nitrogen and oxygen atoms in total. The van der Waals surface area contributed by atoms with Gasteiger partial charge in [0.1, 0.15) is 0 Å². The van der Waals surface area contributed by atoms with Crippen LogP contribution in [0.5, 0.6) is 0 Å². The van der Waals surface area contributed by atoms with E-state index in [0.717, 1.165) is 0 Å². The third kappa shape index (κ3) is 2.30. The first-order valence-corrected chi connectivity index (χ1v) is 14.8. The minimum absolute atomic E-state index is 0.288. The topological polar surface area (TPSA) is 0 Å². The molecule has 2 aromatic carbocycles. The second-order valence-corrected chi connectivity index (χ2v) is 22.9. The average Bonchev–Trinajstić information content (AvgIpc) is 2.30. The van der Waals surface area contributed by atoms with Gasteiger partial charge in [0.2, 0.25) is 0 Å². The summed E-state index contributed by atoms with van der Waals surface area (Å²) in [6.45, 7) is 0. The van der Waals surface area contributed by atoms with Gasteiger partial charge in [-0.15, -0.1) is 0 Å². The molecule has 0 heterocycles. The third-order valence-corrected chi connectivity index (χ3v) is 14.2. The van der Waals surface area contributed by atoms with E-state index in [4.69, 9.17) is 17.9 Å². The summed E-state index contributed by atoms with van der Waals surface area (Å²) in [6, 6.07) is 14.4. The van der Waals surface area contributed by atoms with Crippen molar-refractivity contribution in [1.82, 2.24) is 0 Å². The molecule has 2 rings (SSSR count). The van der Waals surface area contributed by atoms with Crippen LogP contribution in [0.15, 0.2) is 60.7 Å². The Morgan fingerprint density at radius 1 is 0.647 bits per heavy atom. The second-order valence-electron chi connectivity index (χ2n) is 3.70. The summed E-state index contributed by atoms with van der Waals surface area (Å²) in [7, 11) is 11.4. The molecule has 0 unspecified atom stereocenters. The molecule has 0 radical (unpaired) electrons. The summed E-state index contributed by atoms with van der Waals surface area (Å²) < 4.78 is 29.4. The Kier molecular flexibility index (Phi) is 2.76. The molecule has 0 fully saturated rings. The van der Waals surface area contributed by atoms with Crippen LogP contribution in [0, 0.1) is 0 Å². The maximum atomic E-state index is 15.0. The Labute approximate surface area is 105 Å². The molecule has 0 bridgehead atoms. The van der Waals surface area contributed by atoms with E-state index in [0.29, 0.717) is 0 Å². The summed E-state index contributed by atoms with van der Waals surface area (Å²) in [5.74, 6) is 0. The SMILES string of the molecule is F[Te](F)(Cl)(Cl)(c1ccccc1)c1ccccc1. The fourth-order valence-corrected chi connectivity index (χ4v) is 9.08. The van der Waals surface area contributed by atoms with Crippen molar-refractivity contribution in [1.29, 1.82) is 0 Å². The first-order valence-electron chi connectivity index (χ1n) is 4.85. The Morgan fingerprint density at radius 2 is 0.941 bits per heavy atom. The maximum absolute atomic E-state index is 15.0. The first kappa shape index (κ1) is 13.1. The van der Waals surface area contributed by atoms with Crippen molar-refractivity contribution in [2.45, 2.75) is 0 Å².